The maximum atomic E-state index is 13.9. The standard InChI is InChI=1S/C19H29F2N3O3S/c1-14(2)4-5-15(3)22-19(25)13-23-8-10-24(11-9-23)28(26,27)18-12-16(20)6-7-17(18)21/h6-7,12,14-15H,4-5,8-11,13H2,1-3H3,(H,22,25)/t15-/m0/s1. The second-order valence-corrected chi connectivity index (χ2v) is 9.60. The largest absolute Gasteiger partial charge is 0.353 e. The van der Waals surface area contributed by atoms with E-state index >= 15 is 0 Å². The van der Waals surface area contributed by atoms with Gasteiger partial charge in [0.05, 0.1) is 6.54 Å². The van der Waals surface area contributed by atoms with E-state index in [1.165, 1.54) is 0 Å². The second-order valence-electron chi connectivity index (χ2n) is 7.69. The number of rotatable bonds is 8. The number of piperazine rings is 1. The summed E-state index contributed by atoms with van der Waals surface area (Å²) in [5.74, 6) is -1.29. The molecule has 1 N–H and O–H groups in total. The van der Waals surface area contributed by atoms with Crippen molar-refractivity contribution in [3.05, 3.63) is 29.8 Å². The van der Waals surface area contributed by atoms with Crippen LogP contribution in [0.15, 0.2) is 23.1 Å². The van der Waals surface area contributed by atoms with Crippen LogP contribution in [0.5, 0.6) is 0 Å². The van der Waals surface area contributed by atoms with Crippen LogP contribution in [0.4, 0.5) is 8.78 Å². The zero-order valence-electron chi connectivity index (χ0n) is 16.6. The molecule has 9 heteroatoms. The molecule has 0 aromatic heterocycles. The van der Waals surface area contributed by atoms with Crippen LogP contribution in [0.3, 0.4) is 0 Å². The summed E-state index contributed by atoms with van der Waals surface area (Å²) in [6.45, 7) is 7.37. The average molecular weight is 418 g/mol. The van der Waals surface area contributed by atoms with Crippen LogP contribution in [0.25, 0.3) is 0 Å². The first-order valence-electron chi connectivity index (χ1n) is 9.56. The van der Waals surface area contributed by atoms with Crippen LogP contribution in [-0.4, -0.2) is 62.3 Å². The second kappa shape index (κ2) is 9.76. The summed E-state index contributed by atoms with van der Waals surface area (Å²) in [5, 5.41) is 2.96. The summed E-state index contributed by atoms with van der Waals surface area (Å²) in [5.41, 5.74) is 0. The minimum atomic E-state index is -4.11. The number of amides is 1. The van der Waals surface area contributed by atoms with Crippen molar-refractivity contribution < 1.29 is 22.0 Å². The highest BCUT2D eigenvalue weighted by atomic mass is 32.2. The molecule has 1 fully saturated rings. The number of benzene rings is 1. The van der Waals surface area contributed by atoms with Gasteiger partial charge in [-0.15, -0.1) is 0 Å². The van der Waals surface area contributed by atoms with E-state index in [1.54, 1.807) is 0 Å². The molecule has 28 heavy (non-hydrogen) atoms. The van der Waals surface area contributed by atoms with E-state index in [-0.39, 0.29) is 31.6 Å². The first-order chi connectivity index (χ1) is 13.1. The van der Waals surface area contributed by atoms with Crippen molar-refractivity contribution in [2.24, 2.45) is 5.92 Å². The van der Waals surface area contributed by atoms with E-state index in [9.17, 15) is 22.0 Å². The van der Waals surface area contributed by atoms with Crippen molar-refractivity contribution in [3.63, 3.8) is 0 Å². The maximum Gasteiger partial charge on any atom is 0.246 e. The molecular formula is C19H29F2N3O3S. The number of nitrogens with one attached hydrogen (secondary N) is 1. The smallest absolute Gasteiger partial charge is 0.246 e. The molecule has 1 aromatic rings. The first-order valence-corrected chi connectivity index (χ1v) is 11.0. The van der Waals surface area contributed by atoms with Crippen LogP contribution >= 0.6 is 0 Å². The predicted octanol–water partition coefficient (Wildman–Crippen LogP) is 2.21. The van der Waals surface area contributed by atoms with Crippen molar-refractivity contribution in [1.82, 2.24) is 14.5 Å². The van der Waals surface area contributed by atoms with E-state index in [4.69, 9.17) is 0 Å². The Balaban J connectivity index is 1.87. The Morgan fingerprint density at radius 1 is 1.11 bits per heavy atom. The monoisotopic (exact) mass is 417 g/mol. The zero-order chi connectivity index (χ0) is 20.9. The van der Waals surface area contributed by atoms with Crippen LogP contribution in [-0.2, 0) is 14.8 Å². The number of hydrogen-bond acceptors (Lipinski definition) is 4. The van der Waals surface area contributed by atoms with Gasteiger partial charge in [-0.1, -0.05) is 13.8 Å². The molecule has 1 aliphatic heterocycles. The number of hydrogen-bond donors (Lipinski definition) is 1. The SMILES string of the molecule is CC(C)CC[C@H](C)NC(=O)CN1CCN(S(=O)(=O)c2cc(F)ccc2F)CC1. The molecule has 0 aliphatic carbocycles. The lowest BCUT2D eigenvalue weighted by Crippen LogP contribution is -2.51. The third-order valence-electron chi connectivity index (χ3n) is 4.79. The van der Waals surface area contributed by atoms with Crippen molar-refractivity contribution in [2.75, 3.05) is 32.7 Å². The van der Waals surface area contributed by atoms with Crippen molar-refractivity contribution >= 4 is 15.9 Å². The van der Waals surface area contributed by atoms with E-state index in [2.05, 4.69) is 19.2 Å². The van der Waals surface area contributed by atoms with Gasteiger partial charge in [-0.2, -0.15) is 4.31 Å². The Labute approximate surface area is 165 Å². The van der Waals surface area contributed by atoms with Crippen LogP contribution in [0.2, 0.25) is 0 Å². The van der Waals surface area contributed by atoms with Gasteiger partial charge in [0.15, 0.2) is 0 Å². The van der Waals surface area contributed by atoms with Gasteiger partial charge in [0.1, 0.15) is 16.5 Å². The van der Waals surface area contributed by atoms with Gasteiger partial charge in [-0.25, -0.2) is 17.2 Å². The van der Waals surface area contributed by atoms with Gasteiger partial charge in [0.2, 0.25) is 15.9 Å². The number of carbonyl (C=O) groups is 1. The lowest BCUT2D eigenvalue weighted by molar-refractivity contribution is -0.123. The fourth-order valence-electron chi connectivity index (χ4n) is 3.12. The quantitative estimate of drug-likeness (QED) is 0.704. The normalized spacial score (nSPS) is 17.6. The Morgan fingerprint density at radius 2 is 1.75 bits per heavy atom. The van der Waals surface area contributed by atoms with Gasteiger partial charge in [-0.3, -0.25) is 9.69 Å². The highest BCUT2D eigenvalue weighted by Crippen LogP contribution is 2.21. The summed E-state index contributed by atoms with van der Waals surface area (Å²) in [6.07, 6.45) is 1.95. The Hall–Kier alpha value is -1.58. The van der Waals surface area contributed by atoms with Crippen LogP contribution in [0.1, 0.15) is 33.6 Å². The average Bonchev–Trinajstić information content (AvgIpc) is 2.62. The van der Waals surface area contributed by atoms with Crippen molar-refractivity contribution in [2.45, 2.75) is 44.6 Å². The van der Waals surface area contributed by atoms with Gasteiger partial charge in [0.25, 0.3) is 0 Å². The molecular weight excluding hydrogens is 388 g/mol. The van der Waals surface area contributed by atoms with Gasteiger partial charge >= 0.3 is 0 Å². The molecule has 0 saturated carbocycles. The molecule has 1 aromatic carbocycles. The minimum Gasteiger partial charge on any atom is -0.353 e. The maximum absolute atomic E-state index is 13.9. The van der Waals surface area contributed by atoms with Crippen molar-refractivity contribution in [3.8, 4) is 0 Å². The molecule has 0 bridgehead atoms. The lowest BCUT2D eigenvalue weighted by atomic mass is 10.0. The third-order valence-corrected chi connectivity index (χ3v) is 6.71. The van der Waals surface area contributed by atoms with Crippen LogP contribution < -0.4 is 5.32 Å². The lowest BCUT2D eigenvalue weighted by Gasteiger charge is -2.33. The number of sulfonamides is 1. The zero-order valence-corrected chi connectivity index (χ0v) is 17.4. The third kappa shape index (κ3) is 6.22. The highest BCUT2D eigenvalue weighted by molar-refractivity contribution is 7.89. The van der Waals surface area contributed by atoms with Crippen molar-refractivity contribution in [1.29, 1.82) is 0 Å². The van der Waals surface area contributed by atoms with E-state index in [1.807, 2.05) is 11.8 Å². The summed E-state index contributed by atoms with van der Waals surface area (Å²) in [6, 6.07) is 2.48. The molecule has 1 atom stereocenters. The first kappa shape index (κ1) is 22.7. The minimum absolute atomic E-state index is 0.0903. The molecule has 1 heterocycles. The predicted molar refractivity (Wildman–Crippen MR) is 103 cm³/mol. The van der Waals surface area contributed by atoms with Crippen LogP contribution in [0, 0.1) is 17.6 Å². The van der Waals surface area contributed by atoms with Gasteiger partial charge in [0, 0.05) is 32.2 Å². The molecule has 1 aliphatic rings. The number of halogens is 2. The highest BCUT2D eigenvalue weighted by Gasteiger charge is 2.31. The molecule has 2 rings (SSSR count). The Bertz CT molecular complexity index is 779. The van der Waals surface area contributed by atoms with Gasteiger partial charge in [-0.05, 0) is 43.9 Å². The van der Waals surface area contributed by atoms with E-state index in [0.29, 0.717) is 25.1 Å². The fourth-order valence-corrected chi connectivity index (χ4v) is 4.62. The Morgan fingerprint density at radius 3 is 2.36 bits per heavy atom. The van der Waals surface area contributed by atoms with E-state index < -0.39 is 26.6 Å². The molecule has 6 nitrogen and oxygen atoms in total. The summed E-state index contributed by atoms with van der Waals surface area (Å²) in [4.78, 5) is 13.4. The molecule has 0 radical (unpaired) electrons. The molecule has 158 valence electrons. The fraction of sp³-hybridized carbons (Fsp3) is 0.632. The molecule has 0 unspecified atom stereocenters. The number of nitrogens with zero attached hydrogens (tertiary/aromatic N) is 2. The number of carbonyl (C=O) groups excluding carboxylic acids is 1. The summed E-state index contributed by atoms with van der Waals surface area (Å²) < 4.78 is 53.5. The topological polar surface area (TPSA) is 69.7 Å². The Kier molecular flexibility index (Phi) is 7.91. The molecule has 1 saturated heterocycles. The summed E-state index contributed by atoms with van der Waals surface area (Å²) in [7, 11) is -4.11. The molecule has 1 amide bonds. The molecule has 0 spiro atoms. The van der Waals surface area contributed by atoms with Gasteiger partial charge < -0.3 is 5.32 Å². The summed E-state index contributed by atoms with van der Waals surface area (Å²) >= 11 is 0. The van der Waals surface area contributed by atoms with E-state index in [0.717, 1.165) is 29.3 Å².